The molecule has 2 heterocycles. The Bertz CT molecular complexity index is 1110. The maximum atomic E-state index is 13.3. The molecule has 33 heavy (non-hydrogen) atoms. The summed E-state index contributed by atoms with van der Waals surface area (Å²) in [6.07, 6.45) is 1.10. The molecule has 0 radical (unpaired) electrons. The van der Waals surface area contributed by atoms with Crippen molar-refractivity contribution in [3.63, 3.8) is 0 Å². The zero-order chi connectivity index (χ0) is 23.6. The van der Waals surface area contributed by atoms with E-state index < -0.39 is 16.1 Å². The third-order valence-corrected chi connectivity index (χ3v) is 7.11. The molecule has 0 bridgehead atoms. The van der Waals surface area contributed by atoms with E-state index >= 15 is 0 Å². The minimum atomic E-state index is -3.73. The van der Waals surface area contributed by atoms with E-state index in [-0.39, 0.29) is 5.91 Å². The molecule has 1 atom stereocenters. The zero-order valence-electron chi connectivity index (χ0n) is 19.1. The largest absolute Gasteiger partial charge is 0.495 e. The van der Waals surface area contributed by atoms with Crippen LogP contribution in [0.1, 0.15) is 6.92 Å². The number of carbonyl (C=O) groups excluding carboxylic acids is 1. The second kappa shape index (κ2) is 9.38. The summed E-state index contributed by atoms with van der Waals surface area (Å²) in [6, 6.07) is 11.8. The van der Waals surface area contributed by atoms with Crippen molar-refractivity contribution < 1.29 is 27.4 Å². The lowest BCUT2D eigenvalue weighted by Crippen LogP contribution is -2.55. The van der Waals surface area contributed by atoms with Crippen LogP contribution in [0.3, 0.4) is 0 Å². The molecule has 1 amide bonds. The standard InChI is InChI=1S/C23H29N3O6S/c1-17(26(33(3,28)29)18-8-9-21-22(16-18)32-15-14-31-21)23(27)25-12-10-24(11-13-25)19-6-4-5-7-20(19)30-2/h4-9,16-17H,10-15H2,1-3H3/t17-/m1/s1. The summed E-state index contributed by atoms with van der Waals surface area (Å²) in [7, 11) is -2.09. The molecule has 0 aromatic heterocycles. The molecule has 0 saturated carbocycles. The molecule has 2 aliphatic rings. The van der Waals surface area contributed by atoms with Crippen molar-refractivity contribution in [2.75, 3.05) is 62.0 Å². The predicted molar refractivity (Wildman–Crippen MR) is 126 cm³/mol. The molecular weight excluding hydrogens is 446 g/mol. The van der Waals surface area contributed by atoms with Gasteiger partial charge in [-0.25, -0.2) is 8.42 Å². The number of ether oxygens (including phenoxy) is 3. The van der Waals surface area contributed by atoms with E-state index in [0.717, 1.165) is 22.0 Å². The lowest BCUT2D eigenvalue weighted by atomic mass is 10.2. The van der Waals surface area contributed by atoms with Crippen LogP contribution in [0.5, 0.6) is 17.2 Å². The zero-order valence-corrected chi connectivity index (χ0v) is 19.9. The fourth-order valence-electron chi connectivity index (χ4n) is 4.29. The quantitative estimate of drug-likeness (QED) is 0.631. The summed E-state index contributed by atoms with van der Waals surface area (Å²) in [5, 5.41) is 0. The first-order valence-electron chi connectivity index (χ1n) is 10.9. The van der Waals surface area contributed by atoms with Gasteiger partial charge < -0.3 is 24.0 Å². The molecule has 9 nitrogen and oxygen atoms in total. The van der Waals surface area contributed by atoms with Crippen molar-refractivity contribution >= 4 is 27.3 Å². The van der Waals surface area contributed by atoms with Crippen molar-refractivity contribution in [3.05, 3.63) is 42.5 Å². The van der Waals surface area contributed by atoms with Crippen LogP contribution in [0.4, 0.5) is 11.4 Å². The fraction of sp³-hybridized carbons (Fsp3) is 0.435. The monoisotopic (exact) mass is 475 g/mol. The first-order valence-corrected chi connectivity index (χ1v) is 12.7. The second-order valence-corrected chi connectivity index (χ2v) is 9.91. The average molecular weight is 476 g/mol. The highest BCUT2D eigenvalue weighted by molar-refractivity contribution is 7.92. The normalized spacial score (nSPS) is 16.8. The number of amides is 1. The van der Waals surface area contributed by atoms with Crippen LogP contribution in [-0.2, 0) is 14.8 Å². The first-order chi connectivity index (χ1) is 15.8. The summed E-state index contributed by atoms with van der Waals surface area (Å²) >= 11 is 0. The SMILES string of the molecule is COc1ccccc1N1CCN(C(=O)[C@@H](C)N(c2ccc3c(c2)OCCO3)S(C)(=O)=O)CC1. The predicted octanol–water partition coefficient (Wildman–Crippen LogP) is 1.97. The van der Waals surface area contributed by atoms with E-state index in [1.165, 1.54) is 0 Å². The fourth-order valence-corrected chi connectivity index (χ4v) is 5.46. The van der Waals surface area contributed by atoms with Gasteiger partial charge in [-0.1, -0.05) is 12.1 Å². The van der Waals surface area contributed by atoms with Crippen LogP contribution in [0.15, 0.2) is 42.5 Å². The summed E-state index contributed by atoms with van der Waals surface area (Å²) in [5.41, 5.74) is 1.35. The number of rotatable bonds is 6. The number of carbonyl (C=O) groups is 1. The Labute approximate surface area is 194 Å². The minimum absolute atomic E-state index is 0.241. The van der Waals surface area contributed by atoms with Crippen LogP contribution in [0, 0.1) is 0 Å². The highest BCUT2D eigenvalue weighted by atomic mass is 32.2. The van der Waals surface area contributed by atoms with Crippen molar-refractivity contribution in [2.45, 2.75) is 13.0 Å². The Balaban J connectivity index is 1.50. The van der Waals surface area contributed by atoms with Gasteiger partial charge in [-0.05, 0) is 31.2 Å². The molecule has 0 N–H and O–H groups in total. The Morgan fingerprint density at radius 3 is 2.36 bits per heavy atom. The van der Waals surface area contributed by atoms with E-state index in [0.29, 0.717) is 56.6 Å². The van der Waals surface area contributed by atoms with Gasteiger partial charge in [0, 0.05) is 32.2 Å². The lowest BCUT2D eigenvalue weighted by Gasteiger charge is -2.39. The van der Waals surface area contributed by atoms with Crippen molar-refractivity contribution in [3.8, 4) is 17.2 Å². The first kappa shape index (κ1) is 23.0. The van der Waals surface area contributed by atoms with E-state index in [1.807, 2.05) is 24.3 Å². The van der Waals surface area contributed by atoms with Crippen LogP contribution in [0.2, 0.25) is 0 Å². The van der Waals surface area contributed by atoms with E-state index in [2.05, 4.69) is 4.90 Å². The topological polar surface area (TPSA) is 88.6 Å². The average Bonchev–Trinajstić information content (AvgIpc) is 2.82. The maximum absolute atomic E-state index is 13.3. The van der Waals surface area contributed by atoms with Gasteiger partial charge in [0.1, 0.15) is 25.0 Å². The van der Waals surface area contributed by atoms with Crippen molar-refractivity contribution in [1.29, 1.82) is 0 Å². The van der Waals surface area contributed by atoms with Gasteiger partial charge in [0.2, 0.25) is 15.9 Å². The number of hydrogen-bond donors (Lipinski definition) is 0. The third-order valence-electron chi connectivity index (χ3n) is 5.86. The number of sulfonamides is 1. The van der Waals surface area contributed by atoms with Gasteiger partial charge in [-0.3, -0.25) is 9.10 Å². The molecule has 0 aliphatic carbocycles. The van der Waals surface area contributed by atoms with Gasteiger partial charge in [0.15, 0.2) is 11.5 Å². The molecule has 2 aliphatic heterocycles. The molecule has 1 fully saturated rings. The highest BCUT2D eigenvalue weighted by Gasteiger charge is 2.34. The van der Waals surface area contributed by atoms with Crippen LogP contribution < -0.4 is 23.4 Å². The number of piperazine rings is 1. The molecule has 2 aromatic carbocycles. The molecule has 0 spiro atoms. The Morgan fingerprint density at radius 2 is 1.70 bits per heavy atom. The number of anilines is 2. The number of nitrogens with zero attached hydrogens (tertiary/aromatic N) is 3. The number of para-hydroxylation sites is 2. The van der Waals surface area contributed by atoms with Gasteiger partial charge in [0.25, 0.3) is 0 Å². The van der Waals surface area contributed by atoms with Crippen LogP contribution in [0.25, 0.3) is 0 Å². The number of hydrogen-bond acceptors (Lipinski definition) is 7. The summed E-state index contributed by atoms with van der Waals surface area (Å²) in [5.74, 6) is 1.57. The number of benzene rings is 2. The summed E-state index contributed by atoms with van der Waals surface area (Å²) in [6.45, 7) is 4.67. The number of fused-ring (bicyclic) bond motifs is 1. The molecule has 10 heteroatoms. The molecule has 1 saturated heterocycles. The maximum Gasteiger partial charge on any atom is 0.246 e. The Kier molecular flexibility index (Phi) is 6.55. The molecule has 2 aromatic rings. The molecule has 0 unspecified atom stereocenters. The van der Waals surface area contributed by atoms with E-state index in [9.17, 15) is 13.2 Å². The smallest absolute Gasteiger partial charge is 0.246 e. The van der Waals surface area contributed by atoms with Gasteiger partial charge in [0.05, 0.1) is 24.7 Å². The molecule has 178 valence electrons. The van der Waals surface area contributed by atoms with E-state index in [1.54, 1.807) is 37.1 Å². The summed E-state index contributed by atoms with van der Waals surface area (Å²) < 4.78 is 43.1. The third kappa shape index (κ3) is 4.80. The van der Waals surface area contributed by atoms with Gasteiger partial charge in [-0.2, -0.15) is 0 Å². The van der Waals surface area contributed by atoms with Crippen molar-refractivity contribution in [1.82, 2.24) is 4.90 Å². The van der Waals surface area contributed by atoms with Crippen LogP contribution >= 0.6 is 0 Å². The van der Waals surface area contributed by atoms with Crippen LogP contribution in [-0.4, -0.2) is 78.0 Å². The minimum Gasteiger partial charge on any atom is -0.495 e. The highest BCUT2D eigenvalue weighted by Crippen LogP contribution is 2.35. The Hall–Kier alpha value is -3.14. The molecule has 4 rings (SSSR count). The summed E-state index contributed by atoms with van der Waals surface area (Å²) in [4.78, 5) is 17.2. The van der Waals surface area contributed by atoms with Gasteiger partial charge in [-0.15, -0.1) is 0 Å². The Morgan fingerprint density at radius 1 is 1.03 bits per heavy atom. The van der Waals surface area contributed by atoms with Gasteiger partial charge >= 0.3 is 0 Å². The number of methoxy groups -OCH3 is 1. The van der Waals surface area contributed by atoms with Crippen molar-refractivity contribution in [2.24, 2.45) is 0 Å². The van der Waals surface area contributed by atoms with E-state index in [4.69, 9.17) is 14.2 Å². The lowest BCUT2D eigenvalue weighted by molar-refractivity contribution is -0.132. The molecular formula is C23H29N3O6S. The second-order valence-electron chi connectivity index (χ2n) is 8.05.